The van der Waals surface area contributed by atoms with E-state index in [4.69, 9.17) is 4.74 Å². The fourth-order valence-corrected chi connectivity index (χ4v) is 1.39. The molecule has 0 saturated carbocycles. The number of nitrogens with zero attached hydrogens (tertiary/aromatic N) is 1. The van der Waals surface area contributed by atoms with Crippen LogP contribution < -0.4 is 0 Å². The summed E-state index contributed by atoms with van der Waals surface area (Å²) >= 11 is 0. The Balaban J connectivity index is 2.66. The Bertz CT molecular complexity index is 213. The minimum atomic E-state index is -0.269. The zero-order valence-corrected chi connectivity index (χ0v) is 8.80. The molecular formula is C10H18FNO. The molecule has 1 saturated heterocycles. The zero-order chi connectivity index (χ0) is 10.1. The lowest BCUT2D eigenvalue weighted by molar-refractivity contribution is -0.0402. The van der Waals surface area contributed by atoms with Gasteiger partial charge in [-0.25, -0.2) is 4.39 Å². The van der Waals surface area contributed by atoms with Gasteiger partial charge in [0, 0.05) is 0 Å². The van der Waals surface area contributed by atoms with Crippen molar-refractivity contribution in [2.24, 2.45) is 0 Å². The number of ether oxygens (including phenoxy) is 1. The van der Waals surface area contributed by atoms with E-state index >= 15 is 0 Å². The molecule has 0 aromatic carbocycles. The van der Waals surface area contributed by atoms with Gasteiger partial charge in [0.2, 0.25) is 0 Å². The van der Waals surface area contributed by atoms with E-state index in [0.717, 1.165) is 0 Å². The van der Waals surface area contributed by atoms with Gasteiger partial charge in [0.1, 0.15) is 5.72 Å². The van der Waals surface area contributed by atoms with E-state index in [1.165, 1.54) is 0 Å². The molecule has 0 radical (unpaired) electrons. The molecule has 0 aromatic rings. The Morgan fingerprint density at radius 1 is 1.69 bits per heavy atom. The van der Waals surface area contributed by atoms with Crippen LogP contribution in [-0.4, -0.2) is 30.3 Å². The molecule has 0 aromatic heterocycles. The zero-order valence-electron chi connectivity index (χ0n) is 8.80. The first-order valence-corrected chi connectivity index (χ1v) is 4.70. The van der Waals surface area contributed by atoms with Gasteiger partial charge < -0.3 is 4.74 Å². The topological polar surface area (TPSA) is 12.5 Å². The highest BCUT2D eigenvalue weighted by molar-refractivity contribution is 5.03. The van der Waals surface area contributed by atoms with E-state index in [2.05, 4.69) is 0 Å². The standard InChI is InChI=1S/C10H18FNO/c1-5-8(11)6-9-7-13-10(2,3)12(9)4/h6,9H,5,7H2,1-4H3/b8-6+. The van der Waals surface area contributed by atoms with Crippen LogP contribution in [0.15, 0.2) is 11.9 Å². The maximum absolute atomic E-state index is 13.0. The highest BCUT2D eigenvalue weighted by Crippen LogP contribution is 2.26. The van der Waals surface area contributed by atoms with Gasteiger partial charge in [0.15, 0.2) is 0 Å². The Morgan fingerprint density at radius 3 is 2.69 bits per heavy atom. The van der Waals surface area contributed by atoms with Gasteiger partial charge in [0.05, 0.1) is 18.5 Å². The highest BCUT2D eigenvalue weighted by Gasteiger charge is 2.36. The van der Waals surface area contributed by atoms with Crippen molar-refractivity contribution in [2.45, 2.75) is 39.0 Å². The predicted molar refractivity (Wildman–Crippen MR) is 51.1 cm³/mol. The van der Waals surface area contributed by atoms with Crippen LogP contribution in [0.3, 0.4) is 0 Å². The van der Waals surface area contributed by atoms with Crippen LogP contribution in [0.25, 0.3) is 0 Å². The lowest BCUT2D eigenvalue weighted by Crippen LogP contribution is -2.39. The van der Waals surface area contributed by atoms with E-state index in [1.807, 2.05) is 32.7 Å². The molecule has 1 heterocycles. The van der Waals surface area contributed by atoms with Crippen molar-refractivity contribution in [1.82, 2.24) is 4.90 Å². The Kier molecular flexibility index (Phi) is 3.09. The molecule has 0 amide bonds. The van der Waals surface area contributed by atoms with E-state index in [-0.39, 0.29) is 17.6 Å². The van der Waals surface area contributed by atoms with E-state index in [0.29, 0.717) is 13.0 Å². The predicted octanol–water partition coefficient (Wildman–Crippen LogP) is 2.32. The molecule has 1 aliphatic heterocycles. The molecule has 0 aliphatic carbocycles. The molecule has 0 bridgehead atoms. The summed E-state index contributed by atoms with van der Waals surface area (Å²) in [5, 5.41) is 0. The number of allylic oxidation sites excluding steroid dienone is 1. The van der Waals surface area contributed by atoms with Crippen LogP contribution in [0, 0.1) is 0 Å². The van der Waals surface area contributed by atoms with Crippen molar-refractivity contribution in [1.29, 1.82) is 0 Å². The first-order chi connectivity index (χ1) is 5.97. The summed E-state index contributed by atoms with van der Waals surface area (Å²) < 4.78 is 18.5. The van der Waals surface area contributed by atoms with Crippen molar-refractivity contribution in [3.05, 3.63) is 11.9 Å². The summed E-state index contributed by atoms with van der Waals surface area (Å²) in [7, 11) is 1.96. The van der Waals surface area contributed by atoms with Crippen LogP contribution in [0.2, 0.25) is 0 Å². The van der Waals surface area contributed by atoms with Crippen LogP contribution in [0.5, 0.6) is 0 Å². The quantitative estimate of drug-likeness (QED) is 0.657. The second-order valence-electron chi connectivity index (χ2n) is 3.90. The van der Waals surface area contributed by atoms with Crippen molar-refractivity contribution in [3.63, 3.8) is 0 Å². The molecular weight excluding hydrogens is 169 g/mol. The first kappa shape index (κ1) is 10.7. The number of rotatable bonds is 2. The van der Waals surface area contributed by atoms with Gasteiger partial charge in [-0.05, 0) is 33.4 Å². The molecule has 1 unspecified atom stereocenters. The monoisotopic (exact) mass is 187 g/mol. The minimum absolute atomic E-state index is 0.0573. The van der Waals surface area contributed by atoms with Crippen LogP contribution in [0.4, 0.5) is 4.39 Å². The average molecular weight is 187 g/mol. The largest absolute Gasteiger partial charge is 0.359 e. The third-order valence-electron chi connectivity index (χ3n) is 2.67. The Morgan fingerprint density at radius 2 is 2.31 bits per heavy atom. The van der Waals surface area contributed by atoms with Gasteiger partial charge in [-0.3, -0.25) is 4.90 Å². The van der Waals surface area contributed by atoms with Gasteiger partial charge in [-0.1, -0.05) is 6.92 Å². The molecule has 13 heavy (non-hydrogen) atoms. The van der Waals surface area contributed by atoms with E-state index < -0.39 is 0 Å². The van der Waals surface area contributed by atoms with Crippen molar-refractivity contribution < 1.29 is 9.13 Å². The van der Waals surface area contributed by atoms with Crippen molar-refractivity contribution >= 4 is 0 Å². The fraction of sp³-hybridized carbons (Fsp3) is 0.800. The number of hydrogen-bond donors (Lipinski definition) is 0. The molecule has 0 N–H and O–H groups in total. The van der Waals surface area contributed by atoms with Gasteiger partial charge in [0.25, 0.3) is 0 Å². The molecule has 76 valence electrons. The lowest BCUT2D eigenvalue weighted by Gasteiger charge is -2.28. The Labute approximate surface area is 79.4 Å². The highest BCUT2D eigenvalue weighted by atomic mass is 19.1. The van der Waals surface area contributed by atoms with Crippen LogP contribution >= 0.6 is 0 Å². The van der Waals surface area contributed by atoms with Gasteiger partial charge in [-0.2, -0.15) is 0 Å². The third kappa shape index (κ3) is 2.29. The maximum Gasteiger partial charge on any atom is 0.116 e. The summed E-state index contributed by atoms with van der Waals surface area (Å²) in [4.78, 5) is 2.04. The van der Waals surface area contributed by atoms with Gasteiger partial charge in [-0.15, -0.1) is 0 Å². The number of hydrogen-bond acceptors (Lipinski definition) is 2. The Hall–Kier alpha value is -0.410. The molecule has 1 atom stereocenters. The summed E-state index contributed by atoms with van der Waals surface area (Å²) in [6.45, 7) is 6.37. The second-order valence-corrected chi connectivity index (χ2v) is 3.90. The van der Waals surface area contributed by atoms with E-state index in [9.17, 15) is 4.39 Å². The first-order valence-electron chi connectivity index (χ1n) is 4.70. The fourth-order valence-electron chi connectivity index (χ4n) is 1.39. The number of likely N-dealkylation sites (N-methyl/N-ethyl adjacent to an activating group) is 1. The van der Waals surface area contributed by atoms with Crippen LogP contribution in [-0.2, 0) is 4.74 Å². The van der Waals surface area contributed by atoms with Crippen molar-refractivity contribution in [3.8, 4) is 0 Å². The summed E-state index contributed by atoms with van der Waals surface area (Å²) in [6.07, 6.45) is 2.11. The average Bonchev–Trinajstić information content (AvgIpc) is 2.32. The molecule has 1 aliphatic rings. The normalized spacial score (nSPS) is 29.6. The summed E-state index contributed by atoms with van der Waals surface area (Å²) in [5.74, 6) is -0.0573. The van der Waals surface area contributed by atoms with Crippen LogP contribution in [0.1, 0.15) is 27.2 Å². The lowest BCUT2D eigenvalue weighted by atomic mass is 10.2. The SMILES string of the molecule is CC/C(F)=C\C1COC(C)(C)N1C. The smallest absolute Gasteiger partial charge is 0.116 e. The third-order valence-corrected chi connectivity index (χ3v) is 2.67. The molecule has 1 fully saturated rings. The van der Waals surface area contributed by atoms with E-state index in [1.54, 1.807) is 6.08 Å². The number of halogens is 1. The molecule has 3 heteroatoms. The molecule has 2 nitrogen and oxygen atoms in total. The molecule has 1 rings (SSSR count). The second kappa shape index (κ2) is 3.76. The summed E-state index contributed by atoms with van der Waals surface area (Å²) in [5.41, 5.74) is -0.269. The minimum Gasteiger partial charge on any atom is -0.359 e. The maximum atomic E-state index is 13.0. The van der Waals surface area contributed by atoms with Gasteiger partial charge >= 0.3 is 0 Å². The summed E-state index contributed by atoms with van der Waals surface area (Å²) in [6, 6.07) is 0.0787. The van der Waals surface area contributed by atoms with Crippen molar-refractivity contribution in [2.75, 3.05) is 13.7 Å². The molecule has 0 spiro atoms.